The number of hydrogen-bond acceptors (Lipinski definition) is 7. The average Bonchev–Trinajstić information content (AvgIpc) is 3.27. The zero-order chi connectivity index (χ0) is 19.2. The van der Waals surface area contributed by atoms with Crippen molar-refractivity contribution in [3.8, 4) is 11.3 Å². The second kappa shape index (κ2) is 10.5. The Morgan fingerprint density at radius 1 is 1.36 bits per heavy atom. The first kappa shape index (κ1) is 22.2. The summed E-state index contributed by atoms with van der Waals surface area (Å²) in [4.78, 5) is 11.1. The van der Waals surface area contributed by atoms with Crippen LogP contribution in [0.15, 0.2) is 39.9 Å². The van der Waals surface area contributed by atoms with Crippen LogP contribution in [0.1, 0.15) is 22.5 Å². The molecule has 0 aliphatic carbocycles. The fourth-order valence-electron chi connectivity index (χ4n) is 2.38. The number of carboxylic acids is 1. The van der Waals surface area contributed by atoms with Gasteiger partial charge in [-0.2, -0.15) is 0 Å². The standard InChI is InChI=1S/C17H18ClN5O3S.ClH/c1-23-17(20-21-22-23)27-8-2-7-19-10-12-4-6-15(26-12)13-9-11(16(24)25)3-5-14(13)18;/h3-6,9,19H,2,7-8,10H2,1H3,(H,24,25);1H. The van der Waals surface area contributed by atoms with Crippen molar-refractivity contribution in [2.45, 2.75) is 18.1 Å². The van der Waals surface area contributed by atoms with Crippen molar-refractivity contribution in [3.63, 3.8) is 0 Å². The molecular weight excluding hydrogens is 425 g/mol. The van der Waals surface area contributed by atoms with Crippen molar-refractivity contribution in [2.75, 3.05) is 12.3 Å². The maximum Gasteiger partial charge on any atom is 0.335 e. The van der Waals surface area contributed by atoms with E-state index in [1.165, 1.54) is 12.1 Å². The molecule has 0 aliphatic heterocycles. The molecule has 2 heterocycles. The topological polar surface area (TPSA) is 106 Å². The molecule has 0 amide bonds. The molecule has 11 heteroatoms. The average molecular weight is 444 g/mol. The molecule has 2 N–H and O–H groups in total. The summed E-state index contributed by atoms with van der Waals surface area (Å²) in [5, 5.41) is 25.0. The van der Waals surface area contributed by atoms with E-state index in [2.05, 4.69) is 20.8 Å². The van der Waals surface area contributed by atoms with E-state index < -0.39 is 5.97 Å². The van der Waals surface area contributed by atoms with Crippen LogP contribution in [-0.4, -0.2) is 43.6 Å². The Morgan fingerprint density at radius 3 is 2.89 bits per heavy atom. The van der Waals surface area contributed by atoms with Crippen molar-refractivity contribution in [3.05, 3.63) is 46.7 Å². The SMILES string of the molecule is Cl.Cn1nnnc1SCCCNCc1ccc(-c2cc(C(=O)O)ccc2Cl)o1. The maximum atomic E-state index is 11.1. The molecule has 0 radical (unpaired) electrons. The molecule has 0 atom stereocenters. The minimum absolute atomic E-state index is 0. The molecule has 0 aliphatic rings. The smallest absolute Gasteiger partial charge is 0.335 e. The number of halogens is 2. The number of rotatable bonds is 9. The second-order valence-corrected chi connectivity index (χ2v) is 7.20. The van der Waals surface area contributed by atoms with Gasteiger partial charge in [-0.3, -0.25) is 0 Å². The highest BCUT2D eigenvalue weighted by Gasteiger charge is 2.12. The molecule has 28 heavy (non-hydrogen) atoms. The minimum atomic E-state index is -1.00. The van der Waals surface area contributed by atoms with Crippen LogP contribution in [0.2, 0.25) is 5.02 Å². The second-order valence-electron chi connectivity index (χ2n) is 5.73. The number of nitrogens with one attached hydrogen (secondary N) is 1. The third kappa shape index (κ3) is 5.71. The molecular formula is C17H19Cl2N5O3S. The van der Waals surface area contributed by atoms with Gasteiger partial charge in [0.1, 0.15) is 11.5 Å². The van der Waals surface area contributed by atoms with Crippen LogP contribution in [0.25, 0.3) is 11.3 Å². The van der Waals surface area contributed by atoms with E-state index in [4.69, 9.17) is 21.1 Å². The lowest BCUT2D eigenvalue weighted by atomic mass is 10.1. The van der Waals surface area contributed by atoms with Crippen LogP contribution in [-0.2, 0) is 13.6 Å². The Morgan fingerprint density at radius 2 is 2.18 bits per heavy atom. The van der Waals surface area contributed by atoms with Crippen molar-refractivity contribution >= 4 is 41.7 Å². The van der Waals surface area contributed by atoms with Gasteiger partial charge < -0.3 is 14.8 Å². The third-order valence-electron chi connectivity index (χ3n) is 3.75. The number of aromatic nitrogens is 4. The van der Waals surface area contributed by atoms with Crippen LogP contribution >= 0.6 is 35.8 Å². The van der Waals surface area contributed by atoms with Gasteiger partial charge in [0.25, 0.3) is 0 Å². The van der Waals surface area contributed by atoms with E-state index in [1.807, 2.05) is 13.1 Å². The molecule has 0 saturated heterocycles. The maximum absolute atomic E-state index is 11.1. The van der Waals surface area contributed by atoms with Gasteiger partial charge in [-0.15, -0.1) is 17.5 Å². The monoisotopic (exact) mass is 443 g/mol. The Balaban J connectivity index is 0.00000280. The van der Waals surface area contributed by atoms with E-state index in [-0.39, 0.29) is 18.0 Å². The number of benzene rings is 1. The lowest BCUT2D eigenvalue weighted by molar-refractivity contribution is 0.0697. The first-order valence-electron chi connectivity index (χ1n) is 8.22. The number of hydrogen-bond donors (Lipinski definition) is 2. The van der Waals surface area contributed by atoms with Crippen LogP contribution < -0.4 is 5.32 Å². The van der Waals surface area contributed by atoms with Gasteiger partial charge in [-0.1, -0.05) is 23.4 Å². The predicted octanol–water partition coefficient (Wildman–Crippen LogP) is 3.52. The lowest BCUT2D eigenvalue weighted by Crippen LogP contribution is -2.14. The summed E-state index contributed by atoms with van der Waals surface area (Å²) in [5.41, 5.74) is 0.734. The molecule has 0 saturated carbocycles. The summed E-state index contributed by atoms with van der Waals surface area (Å²) < 4.78 is 7.44. The zero-order valence-corrected chi connectivity index (χ0v) is 17.4. The summed E-state index contributed by atoms with van der Waals surface area (Å²) in [6.07, 6.45) is 0.956. The molecule has 8 nitrogen and oxygen atoms in total. The van der Waals surface area contributed by atoms with E-state index in [0.717, 1.165) is 29.6 Å². The molecule has 1 aromatic carbocycles. The van der Waals surface area contributed by atoms with Gasteiger partial charge in [-0.25, -0.2) is 9.48 Å². The first-order chi connectivity index (χ1) is 13.0. The fraction of sp³-hybridized carbons (Fsp3) is 0.294. The number of nitrogens with zero attached hydrogens (tertiary/aromatic N) is 4. The Kier molecular flexibility index (Phi) is 8.31. The molecule has 2 aromatic heterocycles. The molecule has 150 valence electrons. The number of aromatic carboxylic acids is 1. The fourth-order valence-corrected chi connectivity index (χ4v) is 3.38. The molecule has 3 aromatic rings. The van der Waals surface area contributed by atoms with E-state index in [0.29, 0.717) is 22.9 Å². The van der Waals surface area contributed by atoms with Gasteiger partial charge in [0.05, 0.1) is 17.1 Å². The summed E-state index contributed by atoms with van der Waals surface area (Å²) >= 11 is 7.78. The van der Waals surface area contributed by atoms with Gasteiger partial charge in [0, 0.05) is 18.4 Å². The number of carboxylic acid groups (broad SMARTS) is 1. The molecule has 0 unspecified atom stereocenters. The van der Waals surface area contributed by atoms with E-state index >= 15 is 0 Å². The van der Waals surface area contributed by atoms with Crippen molar-refractivity contribution < 1.29 is 14.3 Å². The molecule has 3 rings (SSSR count). The third-order valence-corrected chi connectivity index (χ3v) is 5.18. The van der Waals surface area contributed by atoms with Gasteiger partial charge in [0.2, 0.25) is 5.16 Å². The van der Waals surface area contributed by atoms with Gasteiger partial charge >= 0.3 is 5.97 Å². The number of tetrazole rings is 1. The van der Waals surface area contributed by atoms with Crippen molar-refractivity contribution in [2.24, 2.45) is 7.05 Å². The van der Waals surface area contributed by atoms with Gasteiger partial charge in [-0.05, 0) is 53.7 Å². The normalized spacial score (nSPS) is 10.6. The lowest BCUT2D eigenvalue weighted by Gasteiger charge is -2.04. The largest absolute Gasteiger partial charge is 0.478 e. The summed E-state index contributed by atoms with van der Waals surface area (Å²) in [6, 6.07) is 8.19. The number of carbonyl (C=O) groups is 1. The highest BCUT2D eigenvalue weighted by molar-refractivity contribution is 7.99. The highest BCUT2D eigenvalue weighted by Crippen LogP contribution is 2.30. The molecule has 0 fully saturated rings. The quantitative estimate of drug-likeness (QED) is 0.382. The summed E-state index contributed by atoms with van der Waals surface area (Å²) in [5.74, 6) is 1.20. The number of aryl methyl sites for hydroxylation is 1. The van der Waals surface area contributed by atoms with Crippen LogP contribution in [0, 0.1) is 0 Å². The van der Waals surface area contributed by atoms with Crippen LogP contribution in [0.4, 0.5) is 0 Å². The van der Waals surface area contributed by atoms with Crippen LogP contribution in [0.3, 0.4) is 0 Å². The zero-order valence-electron chi connectivity index (χ0n) is 15.0. The minimum Gasteiger partial charge on any atom is -0.478 e. The molecule has 0 spiro atoms. The van der Waals surface area contributed by atoms with Crippen molar-refractivity contribution in [1.29, 1.82) is 0 Å². The summed E-state index contributed by atoms with van der Waals surface area (Å²) in [7, 11) is 1.81. The Hall–Kier alpha value is -2.07. The predicted molar refractivity (Wildman–Crippen MR) is 109 cm³/mol. The van der Waals surface area contributed by atoms with Gasteiger partial charge in [0.15, 0.2) is 0 Å². The van der Waals surface area contributed by atoms with Crippen LogP contribution in [0.5, 0.6) is 0 Å². The first-order valence-corrected chi connectivity index (χ1v) is 9.59. The Bertz CT molecular complexity index is 931. The summed E-state index contributed by atoms with van der Waals surface area (Å²) in [6.45, 7) is 1.40. The highest BCUT2D eigenvalue weighted by atomic mass is 35.5. The Labute approximate surface area is 177 Å². The van der Waals surface area contributed by atoms with E-state index in [1.54, 1.807) is 28.6 Å². The van der Waals surface area contributed by atoms with E-state index in [9.17, 15) is 4.79 Å². The number of thioether (sulfide) groups is 1. The number of furan rings is 1. The molecule has 0 bridgehead atoms. The van der Waals surface area contributed by atoms with Crippen molar-refractivity contribution in [1.82, 2.24) is 25.5 Å².